The molecule has 2 aliphatic heterocycles. The fraction of sp³-hybridized carbons (Fsp3) is 0.769. The lowest BCUT2D eigenvalue weighted by Gasteiger charge is -2.21. The zero-order valence-electron chi connectivity index (χ0n) is 11.9. The molecule has 7 heteroatoms. The second-order valence-electron chi connectivity index (χ2n) is 5.42. The third-order valence-electron chi connectivity index (χ3n) is 3.88. The molecular formula is C13H22N4O3. The van der Waals surface area contributed by atoms with Crippen molar-refractivity contribution >= 4 is 17.8 Å². The normalized spacial score (nSPS) is 22.8. The van der Waals surface area contributed by atoms with Gasteiger partial charge in [-0.1, -0.05) is 0 Å². The molecule has 0 aromatic carbocycles. The van der Waals surface area contributed by atoms with Crippen LogP contribution in [0.15, 0.2) is 0 Å². The lowest BCUT2D eigenvalue weighted by atomic mass is 10.1. The van der Waals surface area contributed by atoms with Gasteiger partial charge >= 0.3 is 6.03 Å². The number of hydrogen-bond acceptors (Lipinski definition) is 4. The van der Waals surface area contributed by atoms with Crippen molar-refractivity contribution in [3.63, 3.8) is 0 Å². The third kappa shape index (κ3) is 3.93. The zero-order valence-corrected chi connectivity index (χ0v) is 11.9. The highest BCUT2D eigenvalue weighted by Gasteiger charge is 2.29. The van der Waals surface area contributed by atoms with Crippen LogP contribution < -0.4 is 10.6 Å². The Morgan fingerprint density at radius 3 is 2.65 bits per heavy atom. The Labute approximate surface area is 118 Å². The van der Waals surface area contributed by atoms with Gasteiger partial charge in [0.05, 0.1) is 0 Å². The molecule has 0 unspecified atom stereocenters. The van der Waals surface area contributed by atoms with E-state index in [0.29, 0.717) is 13.0 Å². The van der Waals surface area contributed by atoms with Crippen molar-refractivity contribution in [1.82, 2.24) is 20.4 Å². The molecule has 7 nitrogen and oxygen atoms in total. The highest BCUT2D eigenvalue weighted by atomic mass is 16.2. The quantitative estimate of drug-likeness (QED) is 0.645. The molecule has 0 aliphatic carbocycles. The predicted molar refractivity (Wildman–Crippen MR) is 73.0 cm³/mol. The van der Waals surface area contributed by atoms with Crippen molar-refractivity contribution in [3.8, 4) is 0 Å². The molecule has 0 aromatic heterocycles. The number of urea groups is 1. The summed E-state index contributed by atoms with van der Waals surface area (Å²) in [4.78, 5) is 38.3. The molecule has 0 saturated carbocycles. The standard InChI is InChI=1S/C13H22N4O3/c1-16(8-9-17-6-2-3-7-17)11(18)5-4-10-12(19)15-13(20)14-10/h10H,2-9H2,1H3,(H2,14,15,19,20)/t10-/m0/s1. The predicted octanol–water partition coefficient (Wildman–Crippen LogP) is -0.471. The second-order valence-corrected chi connectivity index (χ2v) is 5.42. The molecule has 0 bridgehead atoms. The zero-order chi connectivity index (χ0) is 14.5. The van der Waals surface area contributed by atoms with Crippen LogP contribution in [-0.4, -0.2) is 66.9 Å². The van der Waals surface area contributed by atoms with Crippen molar-refractivity contribution < 1.29 is 14.4 Å². The number of imide groups is 1. The molecule has 0 radical (unpaired) electrons. The Balaban J connectivity index is 1.65. The minimum Gasteiger partial charge on any atom is -0.344 e. The molecule has 0 aromatic rings. The van der Waals surface area contributed by atoms with Crippen LogP contribution in [0.2, 0.25) is 0 Å². The summed E-state index contributed by atoms with van der Waals surface area (Å²) in [6.45, 7) is 3.86. The van der Waals surface area contributed by atoms with Crippen molar-refractivity contribution in [2.24, 2.45) is 0 Å². The fourth-order valence-electron chi connectivity index (χ4n) is 2.54. The minimum absolute atomic E-state index is 0.0122. The lowest BCUT2D eigenvalue weighted by Crippen LogP contribution is -2.36. The summed E-state index contributed by atoms with van der Waals surface area (Å²) < 4.78 is 0. The van der Waals surface area contributed by atoms with Gasteiger partial charge < -0.3 is 15.1 Å². The maximum atomic E-state index is 12.0. The molecule has 4 amide bonds. The molecule has 1 atom stereocenters. The number of likely N-dealkylation sites (tertiary alicyclic amines) is 1. The van der Waals surface area contributed by atoms with Crippen LogP contribution in [0.25, 0.3) is 0 Å². The first-order valence-corrected chi connectivity index (χ1v) is 7.14. The molecule has 0 spiro atoms. The molecule has 2 N–H and O–H groups in total. The Morgan fingerprint density at radius 1 is 1.35 bits per heavy atom. The number of hydrogen-bond donors (Lipinski definition) is 2. The topological polar surface area (TPSA) is 81.8 Å². The van der Waals surface area contributed by atoms with Gasteiger partial charge in [-0.2, -0.15) is 0 Å². The SMILES string of the molecule is CN(CCN1CCCC1)C(=O)CC[C@@H]1NC(=O)NC1=O. The lowest BCUT2D eigenvalue weighted by molar-refractivity contribution is -0.130. The number of nitrogens with zero attached hydrogens (tertiary/aromatic N) is 2. The number of amides is 4. The van der Waals surface area contributed by atoms with E-state index in [2.05, 4.69) is 15.5 Å². The Hall–Kier alpha value is -1.63. The first-order valence-electron chi connectivity index (χ1n) is 7.14. The van der Waals surface area contributed by atoms with E-state index in [0.717, 1.165) is 19.6 Å². The molecule has 2 heterocycles. The minimum atomic E-state index is -0.571. The van der Waals surface area contributed by atoms with Crippen molar-refractivity contribution in [1.29, 1.82) is 0 Å². The maximum Gasteiger partial charge on any atom is 0.322 e. The van der Waals surface area contributed by atoms with Gasteiger partial charge in [-0.3, -0.25) is 14.9 Å². The smallest absolute Gasteiger partial charge is 0.322 e. The summed E-state index contributed by atoms with van der Waals surface area (Å²) in [6.07, 6.45) is 3.11. The van der Waals surface area contributed by atoms with Gasteiger partial charge in [0.25, 0.3) is 5.91 Å². The van der Waals surface area contributed by atoms with Crippen molar-refractivity contribution in [3.05, 3.63) is 0 Å². The monoisotopic (exact) mass is 282 g/mol. The fourth-order valence-corrected chi connectivity index (χ4v) is 2.54. The van der Waals surface area contributed by atoms with Crippen LogP contribution in [0.1, 0.15) is 25.7 Å². The summed E-state index contributed by atoms with van der Waals surface area (Å²) in [7, 11) is 1.78. The molecule has 112 valence electrons. The number of rotatable bonds is 6. The highest BCUT2D eigenvalue weighted by Crippen LogP contribution is 2.08. The number of nitrogens with one attached hydrogen (secondary N) is 2. The van der Waals surface area contributed by atoms with E-state index in [4.69, 9.17) is 0 Å². The summed E-state index contributed by atoms with van der Waals surface area (Å²) in [6, 6.07) is -1.05. The molecule has 2 rings (SSSR count). The van der Waals surface area contributed by atoms with Crippen LogP contribution in [0.5, 0.6) is 0 Å². The van der Waals surface area contributed by atoms with Crippen LogP contribution in [0, 0.1) is 0 Å². The average Bonchev–Trinajstić information content (AvgIpc) is 3.03. The highest BCUT2D eigenvalue weighted by molar-refractivity contribution is 6.04. The number of carbonyl (C=O) groups is 3. The summed E-state index contributed by atoms with van der Waals surface area (Å²) in [5, 5.41) is 4.66. The number of carbonyl (C=O) groups excluding carboxylic acids is 3. The van der Waals surface area contributed by atoms with Crippen LogP contribution in [0.3, 0.4) is 0 Å². The van der Waals surface area contributed by atoms with Crippen molar-refractivity contribution in [2.75, 3.05) is 33.2 Å². The third-order valence-corrected chi connectivity index (χ3v) is 3.88. The largest absolute Gasteiger partial charge is 0.344 e. The van der Waals surface area contributed by atoms with Gasteiger partial charge in [0.1, 0.15) is 6.04 Å². The molecule has 20 heavy (non-hydrogen) atoms. The van der Waals surface area contributed by atoms with Crippen LogP contribution in [0.4, 0.5) is 4.79 Å². The Kier molecular flexibility index (Phi) is 4.94. The molecular weight excluding hydrogens is 260 g/mol. The van der Waals surface area contributed by atoms with Gasteiger partial charge in [0, 0.05) is 26.6 Å². The first kappa shape index (κ1) is 14.8. The van der Waals surface area contributed by atoms with E-state index in [1.165, 1.54) is 12.8 Å². The number of likely N-dealkylation sites (N-methyl/N-ethyl adjacent to an activating group) is 1. The van der Waals surface area contributed by atoms with Gasteiger partial charge in [0.15, 0.2) is 0 Å². The van der Waals surface area contributed by atoms with E-state index in [1.807, 2.05) is 0 Å². The van der Waals surface area contributed by atoms with Gasteiger partial charge in [-0.25, -0.2) is 4.79 Å². The maximum absolute atomic E-state index is 12.0. The van der Waals surface area contributed by atoms with Gasteiger partial charge in [0.2, 0.25) is 5.91 Å². The summed E-state index contributed by atoms with van der Waals surface area (Å²) in [5.41, 5.74) is 0. The molecule has 2 fully saturated rings. The Bertz CT molecular complexity index is 393. The second kappa shape index (κ2) is 6.69. The molecule has 2 aliphatic rings. The van der Waals surface area contributed by atoms with E-state index in [-0.39, 0.29) is 18.2 Å². The van der Waals surface area contributed by atoms with Crippen LogP contribution in [-0.2, 0) is 9.59 Å². The summed E-state index contributed by atoms with van der Waals surface area (Å²) in [5.74, 6) is -0.333. The van der Waals surface area contributed by atoms with Gasteiger partial charge in [-0.05, 0) is 32.4 Å². The van der Waals surface area contributed by atoms with Crippen molar-refractivity contribution in [2.45, 2.75) is 31.7 Å². The molecule has 2 saturated heterocycles. The van der Waals surface area contributed by atoms with E-state index < -0.39 is 12.1 Å². The van der Waals surface area contributed by atoms with E-state index in [1.54, 1.807) is 11.9 Å². The average molecular weight is 282 g/mol. The van der Waals surface area contributed by atoms with E-state index in [9.17, 15) is 14.4 Å². The Morgan fingerprint density at radius 2 is 2.05 bits per heavy atom. The van der Waals surface area contributed by atoms with Gasteiger partial charge in [-0.15, -0.1) is 0 Å². The summed E-state index contributed by atoms with van der Waals surface area (Å²) >= 11 is 0. The van der Waals surface area contributed by atoms with Crippen LogP contribution >= 0.6 is 0 Å². The van der Waals surface area contributed by atoms with E-state index >= 15 is 0 Å². The first-order chi connectivity index (χ1) is 9.56.